The SMILES string of the molecule is CCCCOC(=O)C=Cc1cc(OCc2ccc(OC)cc2)nn(Cc2ccc(OC)cc2)c1=O. The van der Waals surface area contributed by atoms with E-state index < -0.39 is 5.97 Å². The van der Waals surface area contributed by atoms with E-state index in [0.29, 0.717) is 6.61 Å². The maximum atomic E-state index is 13.1. The molecule has 184 valence electrons. The number of ether oxygens (including phenoxy) is 4. The molecule has 3 aromatic rings. The molecule has 0 unspecified atom stereocenters. The molecule has 0 N–H and O–H groups in total. The summed E-state index contributed by atoms with van der Waals surface area (Å²) in [6.07, 6.45) is 4.39. The fourth-order valence-corrected chi connectivity index (χ4v) is 3.14. The fraction of sp³-hybridized carbons (Fsp3) is 0.296. The molecule has 1 aromatic heterocycles. The molecular weight excluding hydrogens is 448 g/mol. The summed E-state index contributed by atoms with van der Waals surface area (Å²) in [6, 6.07) is 16.3. The van der Waals surface area contributed by atoms with Gasteiger partial charge in [0.05, 0.1) is 27.4 Å². The van der Waals surface area contributed by atoms with Crippen LogP contribution < -0.4 is 19.8 Å². The maximum absolute atomic E-state index is 13.1. The molecule has 0 saturated carbocycles. The Hall–Kier alpha value is -4.07. The van der Waals surface area contributed by atoms with Gasteiger partial charge in [-0.3, -0.25) is 4.79 Å². The molecule has 0 aliphatic carbocycles. The lowest BCUT2D eigenvalue weighted by molar-refractivity contribution is -0.137. The molecule has 0 fully saturated rings. The molecule has 3 rings (SSSR count). The van der Waals surface area contributed by atoms with E-state index >= 15 is 0 Å². The van der Waals surface area contributed by atoms with Crippen LogP contribution in [-0.2, 0) is 22.7 Å². The molecule has 0 aliphatic rings. The van der Waals surface area contributed by atoms with E-state index in [1.165, 1.54) is 22.9 Å². The zero-order valence-electron chi connectivity index (χ0n) is 20.2. The van der Waals surface area contributed by atoms with Gasteiger partial charge in [0, 0.05) is 17.7 Å². The lowest BCUT2D eigenvalue weighted by atomic mass is 10.2. The van der Waals surface area contributed by atoms with Crippen molar-refractivity contribution in [2.75, 3.05) is 20.8 Å². The number of benzene rings is 2. The summed E-state index contributed by atoms with van der Waals surface area (Å²) in [5.74, 6) is 1.22. The van der Waals surface area contributed by atoms with Crippen LogP contribution in [0.5, 0.6) is 17.4 Å². The van der Waals surface area contributed by atoms with Gasteiger partial charge in [0.15, 0.2) is 0 Å². The Morgan fingerprint density at radius 1 is 0.971 bits per heavy atom. The topological polar surface area (TPSA) is 88.9 Å². The van der Waals surface area contributed by atoms with E-state index in [1.54, 1.807) is 14.2 Å². The molecule has 0 radical (unpaired) electrons. The molecule has 8 nitrogen and oxygen atoms in total. The minimum atomic E-state index is -0.503. The molecule has 1 heterocycles. The third kappa shape index (κ3) is 7.74. The van der Waals surface area contributed by atoms with Crippen LogP contribution in [0.15, 0.2) is 65.5 Å². The predicted molar refractivity (Wildman–Crippen MR) is 133 cm³/mol. The molecule has 0 saturated heterocycles. The summed E-state index contributed by atoms with van der Waals surface area (Å²) in [5.41, 5.74) is 1.69. The quantitative estimate of drug-likeness (QED) is 0.218. The van der Waals surface area contributed by atoms with E-state index in [0.717, 1.165) is 35.5 Å². The van der Waals surface area contributed by atoms with Crippen molar-refractivity contribution in [2.24, 2.45) is 0 Å². The highest BCUT2D eigenvalue weighted by molar-refractivity contribution is 5.87. The standard InChI is InChI=1S/C27H30N2O6/c1-4-5-16-34-26(30)15-10-22-17-25(35-19-21-8-13-24(33-3)14-9-21)28-29(27(22)31)18-20-6-11-23(32-2)12-7-20/h6-15,17H,4-5,16,18-19H2,1-3H3. The van der Waals surface area contributed by atoms with Crippen molar-refractivity contribution in [3.05, 3.63) is 87.7 Å². The second-order valence-corrected chi connectivity index (χ2v) is 7.74. The lowest BCUT2D eigenvalue weighted by Gasteiger charge is -2.11. The minimum Gasteiger partial charge on any atom is -0.497 e. The zero-order chi connectivity index (χ0) is 25.0. The Bertz CT molecular complexity index is 1180. The Morgan fingerprint density at radius 3 is 2.20 bits per heavy atom. The second kappa shape index (κ2) is 13.0. The summed E-state index contributed by atoms with van der Waals surface area (Å²) in [6.45, 7) is 2.83. The smallest absolute Gasteiger partial charge is 0.330 e. The summed E-state index contributed by atoms with van der Waals surface area (Å²) in [7, 11) is 3.20. The van der Waals surface area contributed by atoms with E-state index in [9.17, 15) is 9.59 Å². The zero-order valence-corrected chi connectivity index (χ0v) is 20.2. The molecule has 0 aliphatic heterocycles. The van der Waals surface area contributed by atoms with Gasteiger partial charge in [0.25, 0.3) is 5.56 Å². The first-order chi connectivity index (χ1) is 17.0. The van der Waals surface area contributed by atoms with Crippen LogP contribution in [0.2, 0.25) is 0 Å². The van der Waals surface area contributed by atoms with Crippen LogP contribution in [0, 0.1) is 0 Å². The highest BCUT2D eigenvalue weighted by atomic mass is 16.5. The molecule has 0 spiro atoms. The first-order valence-electron chi connectivity index (χ1n) is 11.4. The first-order valence-corrected chi connectivity index (χ1v) is 11.4. The van der Waals surface area contributed by atoms with Crippen molar-refractivity contribution in [2.45, 2.75) is 32.9 Å². The largest absolute Gasteiger partial charge is 0.497 e. The Balaban J connectivity index is 1.84. The third-order valence-electron chi connectivity index (χ3n) is 5.16. The number of hydrogen-bond acceptors (Lipinski definition) is 7. The van der Waals surface area contributed by atoms with Crippen molar-refractivity contribution in [3.8, 4) is 17.4 Å². The van der Waals surface area contributed by atoms with Crippen molar-refractivity contribution < 1.29 is 23.7 Å². The van der Waals surface area contributed by atoms with Crippen LogP contribution in [0.1, 0.15) is 36.5 Å². The van der Waals surface area contributed by atoms with Crippen molar-refractivity contribution in [1.29, 1.82) is 0 Å². The van der Waals surface area contributed by atoms with Gasteiger partial charge in [-0.15, -0.1) is 5.10 Å². The lowest BCUT2D eigenvalue weighted by Crippen LogP contribution is -2.26. The summed E-state index contributed by atoms with van der Waals surface area (Å²) < 4.78 is 22.7. The highest BCUT2D eigenvalue weighted by Crippen LogP contribution is 2.16. The number of hydrogen-bond donors (Lipinski definition) is 0. The predicted octanol–water partition coefficient (Wildman–Crippen LogP) is 4.24. The molecule has 0 amide bonds. The number of unbranched alkanes of at least 4 members (excludes halogenated alkanes) is 1. The monoisotopic (exact) mass is 478 g/mol. The molecule has 2 aromatic carbocycles. The Kier molecular flexibility index (Phi) is 9.48. The molecule has 8 heteroatoms. The molecule has 35 heavy (non-hydrogen) atoms. The van der Waals surface area contributed by atoms with Gasteiger partial charge in [-0.05, 0) is 47.9 Å². The van der Waals surface area contributed by atoms with Gasteiger partial charge >= 0.3 is 5.97 Å². The van der Waals surface area contributed by atoms with E-state index in [1.807, 2.05) is 55.5 Å². The number of aromatic nitrogens is 2. The Labute approximate surface area is 204 Å². The number of nitrogens with zero attached hydrogens (tertiary/aromatic N) is 2. The number of carbonyl (C=O) groups is 1. The first kappa shape index (κ1) is 25.6. The van der Waals surface area contributed by atoms with E-state index in [-0.39, 0.29) is 30.2 Å². The number of carbonyl (C=O) groups excluding carboxylic acids is 1. The van der Waals surface area contributed by atoms with Crippen molar-refractivity contribution in [3.63, 3.8) is 0 Å². The third-order valence-corrected chi connectivity index (χ3v) is 5.16. The summed E-state index contributed by atoms with van der Waals surface area (Å²) >= 11 is 0. The number of rotatable bonds is 12. The van der Waals surface area contributed by atoms with E-state index in [4.69, 9.17) is 18.9 Å². The van der Waals surface area contributed by atoms with Crippen LogP contribution in [0.25, 0.3) is 6.08 Å². The van der Waals surface area contributed by atoms with Crippen molar-refractivity contribution >= 4 is 12.0 Å². The maximum Gasteiger partial charge on any atom is 0.330 e. The van der Waals surface area contributed by atoms with Crippen LogP contribution in [0.3, 0.4) is 0 Å². The summed E-state index contributed by atoms with van der Waals surface area (Å²) in [5, 5.41) is 4.38. The highest BCUT2D eigenvalue weighted by Gasteiger charge is 2.10. The molecule has 0 bridgehead atoms. The average Bonchev–Trinajstić information content (AvgIpc) is 2.89. The normalized spacial score (nSPS) is 10.8. The number of methoxy groups -OCH3 is 2. The van der Waals surface area contributed by atoms with Gasteiger partial charge in [0.2, 0.25) is 5.88 Å². The van der Waals surface area contributed by atoms with Gasteiger partial charge in [-0.2, -0.15) is 0 Å². The molecule has 0 atom stereocenters. The number of esters is 1. The molecular formula is C27H30N2O6. The second-order valence-electron chi connectivity index (χ2n) is 7.74. The van der Waals surface area contributed by atoms with Gasteiger partial charge in [-0.1, -0.05) is 37.6 Å². The van der Waals surface area contributed by atoms with Gasteiger partial charge < -0.3 is 18.9 Å². The average molecular weight is 479 g/mol. The van der Waals surface area contributed by atoms with Crippen LogP contribution in [0.4, 0.5) is 0 Å². The van der Waals surface area contributed by atoms with Crippen LogP contribution >= 0.6 is 0 Å². The van der Waals surface area contributed by atoms with Crippen molar-refractivity contribution in [1.82, 2.24) is 9.78 Å². The van der Waals surface area contributed by atoms with E-state index in [2.05, 4.69) is 5.10 Å². The summed E-state index contributed by atoms with van der Waals surface area (Å²) in [4.78, 5) is 25.1. The minimum absolute atomic E-state index is 0.227. The van der Waals surface area contributed by atoms with Gasteiger partial charge in [-0.25, -0.2) is 9.48 Å². The van der Waals surface area contributed by atoms with Gasteiger partial charge in [0.1, 0.15) is 18.1 Å². The fourth-order valence-electron chi connectivity index (χ4n) is 3.14. The Morgan fingerprint density at radius 2 is 1.60 bits per heavy atom. The van der Waals surface area contributed by atoms with Crippen LogP contribution in [-0.4, -0.2) is 36.6 Å².